The van der Waals surface area contributed by atoms with Gasteiger partial charge >= 0.3 is 0 Å². The zero-order valence-electron chi connectivity index (χ0n) is 10.2. The second-order valence-electron chi connectivity index (χ2n) is 4.57. The molecular formula is C13H21ClSi. The van der Waals surface area contributed by atoms with E-state index in [1.165, 1.54) is 22.7 Å². The van der Waals surface area contributed by atoms with Crippen LogP contribution in [-0.4, -0.2) is 14.3 Å². The van der Waals surface area contributed by atoms with E-state index in [-0.39, 0.29) is 0 Å². The van der Waals surface area contributed by atoms with E-state index in [2.05, 4.69) is 45.9 Å². The molecule has 0 spiro atoms. The van der Waals surface area contributed by atoms with Crippen LogP contribution in [0.15, 0.2) is 18.2 Å². The van der Waals surface area contributed by atoms with Gasteiger partial charge in [-0.2, -0.15) is 0 Å². The van der Waals surface area contributed by atoms with Crippen molar-refractivity contribution in [1.29, 1.82) is 0 Å². The molecule has 0 fully saturated rings. The van der Waals surface area contributed by atoms with Gasteiger partial charge in [-0.3, -0.25) is 0 Å². The number of hydrogen-bond donors (Lipinski definition) is 0. The number of halogens is 1. The summed E-state index contributed by atoms with van der Waals surface area (Å²) in [4.78, 5) is 0. The summed E-state index contributed by atoms with van der Waals surface area (Å²) in [5, 5.41) is 1.54. The van der Waals surface area contributed by atoms with Crippen molar-refractivity contribution in [3.63, 3.8) is 0 Å². The first-order chi connectivity index (χ1) is 7.08. The molecule has 0 aromatic heterocycles. The third-order valence-corrected chi connectivity index (χ3v) is 7.53. The Hall–Kier alpha value is -0.273. The highest BCUT2D eigenvalue weighted by molar-refractivity contribution is 6.80. The van der Waals surface area contributed by atoms with Crippen molar-refractivity contribution in [3.8, 4) is 0 Å². The van der Waals surface area contributed by atoms with Crippen LogP contribution in [0.2, 0.25) is 5.54 Å². The molecule has 2 atom stereocenters. The Balaban J connectivity index is 3.01. The highest BCUT2D eigenvalue weighted by Crippen LogP contribution is 2.16. The predicted molar refractivity (Wildman–Crippen MR) is 73.1 cm³/mol. The first-order valence-corrected chi connectivity index (χ1v) is 8.32. The molecule has 84 valence electrons. The minimum absolute atomic E-state index is 0.795. The predicted octanol–water partition coefficient (Wildman–Crippen LogP) is 3.32. The summed E-state index contributed by atoms with van der Waals surface area (Å²) in [6.45, 7) is 8.95. The van der Waals surface area contributed by atoms with Crippen LogP contribution in [-0.2, 0) is 0 Å². The van der Waals surface area contributed by atoms with Crippen molar-refractivity contribution in [3.05, 3.63) is 29.3 Å². The van der Waals surface area contributed by atoms with Gasteiger partial charge in [0.15, 0.2) is 0 Å². The van der Waals surface area contributed by atoms with Crippen LogP contribution in [0.4, 0.5) is 0 Å². The fourth-order valence-corrected chi connectivity index (χ4v) is 6.19. The lowest BCUT2D eigenvalue weighted by Gasteiger charge is -2.20. The summed E-state index contributed by atoms with van der Waals surface area (Å²) in [6.07, 6.45) is 1.25. The van der Waals surface area contributed by atoms with Crippen molar-refractivity contribution in [1.82, 2.24) is 0 Å². The van der Waals surface area contributed by atoms with Crippen LogP contribution in [0.25, 0.3) is 0 Å². The minimum atomic E-state index is -0.956. The van der Waals surface area contributed by atoms with Crippen molar-refractivity contribution in [2.24, 2.45) is 0 Å². The molecule has 2 heteroatoms. The molecule has 0 aliphatic carbocycles. The number of benzene rings is 1. The highest BCUT2D eigenvalue weighted by Gasteiger charge is 2.19. The second-order valence-corrected chi connectivity index (χ2v) is 8.82. The topological polar surface area (TPSA) is 0 Å². The van der Waals surface area contributed by atoms with E-state index >= 15 is 0 Å². The van der Waals surface area contributed by atoms with E-state index < -0.39 is 8.80 Å². The van der Waals surface area contributed by atoms with Crippen molar-refractivity contribution < 1.29 is 0 Å². The first kappa shape index (κ1) is 12.8. The molecule has 1 rings (SSSR count). The SMILES string of the molecule is CCC(C)[SiH](CCl)c1cc(C)cc(C)c1. The smallest absolute Gasteiger partial charge is 0.0895 e. The molecule has 1 aromatic rings. The lowest BCUT2D eigenvalue weighted by molar-refractivity contribution is 0.861. The molecule has 0 nitrogen and oxygen atoms in total. The van der Waals surface area contributed by atoms with E-state index in [9.17, 15) is 0 Å². The third kappa shape index (κ3) is 3.35. The van der Waals surface area contributed by atoms with Crippen molar-refractivity contribution in [2.45, 2.75) is 39.7 Å². The fraction of sp³-hybridized carbons (Fsp3) is 0.538. The Morgan fingerprint density at radius 1 is 1.20 bits per heavy atom. The van der Waals surface area contributed by atoms with Gasteiger partial charge in [0.25, 0.3) is 0 Å². The van der Waals surface area contributed by atoms with Crippen LogP contribution >= 0.6 is 11.6 Å². The number of aryl methyl sites for hydroxylation is 2. The first-order valence-electron chi connectivity index (χ1n) is 5.72. The Kier molecular flexibility index (Phi) is 4.87. The van der Waals surface area contributed by atoms with Gasteiger partial charge in [0.1, 0.15) is 0 Å². The van der Waals surface area contributed by atoms with E-state index in [1.807, 2.05) is 0 Å². The molecule has 0 N–H and O–H groups in total. The summed E-state index contributed by atoms with van der Waals surface area (Å²) in [5.41, 5.74) is 4.40. The molecule has 0 saturated heterocycles. The molecular weight excluding hydrogens is 220 g/mol. The zero-order valence-corrected chi connectivity index (χ0v) is 12.1. The maximum atomic E-state index is 6.14. The fourth-order valence-electron chi connectivity index (χ4n) is 2.08. The maximum absolute atomic E-state index is 6.14. The second kappa shape index (κ2) is 5.71. The molecule has 0 bridgehead atoms. The van der Waals surface area contributed by atoms with Gasteiger partial charge in [-0.1, -0.05) is 54.8 Å². The van der Waals surface area contributed by atoms with Gasteiger partial charge in [-0.15, -0.1) is 11.6 Å². The van der Waals surface area contributed by atoms with Gasteiger partial charge in [-0.25, -0.2) is 0 Å². The Bertz CT molecular complexity index is 302. The van der Waals surface area contributed by atoms with Crippen LogP contribution in [0, 0.1) is 13.8 Å². The van der Waals surface area contributed by atoms with Crippen molar-refractivity contribution >= 4 is 25.6 Å². The van der Waals surface area contributed by atoms with Gasteiger partial charge in [-0.05, 0) is 19.4 Å². The summed E-state index contributed by atoms with van der Waals surface area (Å²) >= 11 is 6.14. The average Bonchev–Trinajstić information content (AvgIpc) is 2.17. The van der Waals surface area contributed by atoms with Crippen LogP contribution in [0.1, 0.15) is 31.4 Å². The van der Waals surface area contributed by atoms with Gasteiger partial charge < -0.3 is 0 Å². The number of alkyl halides is 1. The molecule has 15 heavy (non-hydrogen) atoms. The van der Waals surface area contributed by atoms with E-state index in [0.717, 1.165) is 11.0 Å². The monoisotopic (exact) mass is 240 g/mol. The number of rotatable bonds is 4. The Morgan fingerprint density at radius 2 is 1.73 bits per heavy atom. The molecule has 1 aromatic carbocycles. The van der Waals surface area contributed by atoms with Crippen molar-refractivity contribution in [2.75, 3.05) is 5.50 Å². The van der Waals surface area contributed by atoms with Gasteiger partial charge in [0, 0.05) is 5.50 Å². The van der Waals surface area contributed by atoms with E-state index in [4.69, 9.17) is 11.6 Å². The molecule has 2 unspecified atom stereocenters. The largest absolute Gasteiger partial charge is 0.130 e. The Morgan fingerprint density at radius 3 is 2.13 bits per heavy atom. The molecule has 0 saturated carbocycles. The third-order valence-electron chi connectivity index (χ3n) is 3.17. The lowest BCUT2D eigenvalue weighted by atomic mass is 10.2. The normalized spacial score (nSPS) is 15.0. The Labute approximate surface area is 100 Å². The van der Waals surface area contributed by atoms with Gasteiger partial charge in [0.2, 0.25) is 0 Å². The maximum Gasteiger partial charge on any atom is 0.0895 e. The quantitative estimate of drug-likeness (QED) is 0.560. The zero-order chi connectivity index (χ0) is 11.4. The van der Waals surface area contributed by atoms with Gasteiger partial charge in [0.05, 0.1) is 8.80 Å². The van der Waals surface area contributed by atoms with E-state index in [0.29, 0.717) is 0 Å². The molecule has 0 heterocycles. The molecule has 0 radical (unpaired) electrons. The summed E-state index contributed by atoms with van der Waals surface area (Å²) < 4.78 is 0. The summed E-state index contributed by atoms with van der Waals surface area (Å²) in [6, 6.07) is 6.90. The van der Waals surface area contributed by atoms with Crippen LogP contribution in [0.5, 0.6) is 0 Å². The molecule has 0 aliphatic heterocycles. The highest BCUT2D eigenvalue weighted by atomic mass is 35.5. The van der Waals surface area contributed by atoms with Crippen LogP contribution in [0.3, 0.4) is 0 Å². The molecule has 0 amide bonds. The van der Waals surface area contributed by atoms with E-state index in [1.54, 1.807) is 0 Å². The lowest BCUT2D eigenvalue weighted by Crippen LogP contribution is -2.36. The summed E-state index contributed by atoms with van der Waals surface area (Å²) in [7, 11) is -0.956. The summed E-state index contributed by atoms with van der Waals surface area (Å²) in [5.74, 6) is 0. The number of hydrogen-bond acceptors (Lipinski definition) is 0. The molecule has 0 aliphatic rings. The average molecular weight is 241 g/mol. The van der Waals surface area contributed by atoms with Crippen LogP contribution < -0.4 is 5.19 Å². The minimum Gasteiger partial charge on any atom is -0.130 e. The standard InChI is InChI=1S/C13H21ClSi/c1-5-12(4)15(9-14)13-7-10(2)6-11(3)8-13/h6-8,12,15H,5,9H2,1-4H3.